The van der Waals surface area contributed by atoms with Crippen LogP contribution in [-0.4, -0.2) is 28.3 Å². The topological polar surface area (TPSA) is 114 Å². The van der Waals surface area contributed by atoms with Gasteiger partial charge in [0.05, 0.1) is 4.92 Å². The molecule has 0 aliphatic heterocycles. The van der Waals surface area contributed by atoms with Crippen LogP contribution in [0.1, 0.15) is 16.8 Å². The molecule has 0 unspecified atom stereocenters. The Hall–Kier alpha value is -2.81. The Kier molecular flexibility index (Phi) is 5.15. The van der Waals surface area contributed by atoms with Crippen LogP contribution in [0.4, 0.5) is 10.1 Å². The monoisotopic (exact) mass is 320 g/mol. The summed E-state index contributed by atoms with van der Waals surface area (Å²) >= 11 is 0.776. The van der Waals surface area contributed by atoms with Crippen molar-refractivity contribution in [2.75, 3.05) is 11.9 Å². The average molecular weight is 320 g/mol. The molecular weight excluding hydrogens is 308 g/mol. The minimum Gasteiger partial charge on any atom is -0.352 e. The Bertz CT molecular complexity index is 686. The van der Waals surface area contributed by atoms with Gasteiger partial charge in [-0.1, -0.05) is 18.2 Å². The van der Waals surface area contributed by atoms with Crippen molar-refractivity contribution >= 4 is 33.3 Å². The van der Waals surface area contributed by atoms with E-state index >= 15 is 0 Å². The minimum absolute atomic E-state index is 0.0476. The van der Waals surface area contributed by atoms with Gasteiger partial charge in [0.1, 0.15) is 6.20 Å². The van der Waals surface area contributed by atoms with E-state index in [-0.39, 0.29) is 34.9 Å². The lowest BCUT2D eigenvalue weighted by molar-refractivity contribution is -0.380. The Balaban J connectivity index is 1.76. The number of carbonyl (C=O) groups is 2. The van der Waals surface area contributed by atoms with Crippen molar-refractivity contribution in [2.45, 2.75) is 6.42 Å². The molecule has 0 spiro atoms. The number of rotatable bonds is 6. The third-order valence-electron chi connectivity index (χ3n) is 2.59. The van der Waals surface area contributed by atoms with Crippen molar-refractivity contribution in [3.63, 3.8) is 0 Å². The number of thiazole rings is 1. The molecule has 2 rings (SSSR count). The second kappa shape index (κ2) is 7.27. The molecule has 0 saturated heterocycles. The number of aromatic nitrogens is 1. The largest absolute Gasteiger partial charge is 0.352 e. The van der Waals surface area contributed by atoms with Gasteiger partial charge in [0.2, 0.25) is 5.91 Å². The Labute approximate surface area is 129 Å². The molecule has 9 heteroatoms. The summed E-state index contributed by atoms with van der Waals surface area (Å²) in [5.74, 6) is -0.643. The molecule has 114 valence electrons. The van der Waals surface area contributed by atoms with Crippen LogP contribution in [0.25, 0.3) is 0 Å². The average Bonchev–Trinajstić information content (AvgIpc) is 2.96. The fourth-order valence-corrected chi connectivity index (χ4v) is 2.22. The van der Waals surface area contributed by atoms with Crippen molar-refractivity contribution in [1.82, 2.24) is 10.3 Å². The van der Waals surface area contributed by atoms with Gasteiger partial charge >= 0.3 is 5.00 Å². The van der Waals surface area contributed by atoms with Gasteiger partial charge in [-0.25, -0.2) is 4.98 Å². The highest BCUT2D eigenvalue weighted by molar-refractivity contribution is 7.18. The Morgan fingerprint density at radius 1 is 1.27 bits per heavy atom. The lowest BCUT2D eigenvalue weighted by Crippen LogP contribution is -2.27. The molecule has 22 heavy (non-hydrogen) atoms. The van der Waals surface area contributed by atoms with Crippen LogP contribution in [0.5, 0.6) is 0 Å². The number of hydrogen-bond donors (Lipinski definition) is 2. The van der Waals surface area contributed by atoms with Gasteiger partial charge in [-0.2, -0.15) is 0 Å². The smallest absolute Gasteiger partial charge is 0.345 e. The number of amides is 2. The van der Waals surface area contributed by atoms with Crippen LogP contribution in [0.15, 0.2) is 36.5 Å². The molecule has 0 atom stereocenters. The molecule has 0 radical (unpaired) electrons. The van der Waals surface area contributed by atoms with Crippen molar-refractivity contribution in [3.8, 4) is 0 Å². The summed E-state index contributed by atoms with van der Waals surface area (Å²) in [6.45, 7) is 0.160. The molecule has 1 heterocycles. The maximum atomic E-state index is 11.7. The van der Waals surface area contributed by atoms with Crippen LogP contribution >= 0.6 is 11.3 Å². The molecule has 2 amide bonds. The highest BCUT2D eigenvalue weighted by Gasteiger charge is 2.13. The first kappa shape index (κ1) is 15.6. The summed E-state index contributed by atoms with van der Waals surface area (Å²) in [6.07, 6.45) is 1.13. The lowest BCUT2D eigenvalue weighted by Gasteiger charge is -2.04. The van der Waals surface area contributed by atoms with Crippen LogP contribution in [-0.2, 0) is 4.79 Å². The second-order valence-corrected chi connectivity index (χ2v) is 5.19. The van der Waals surface area contributed by atoms with E-state index in [9.17, 15) is 19.7 Å². The molecule has 8 nitrogen and oxygen atoms in total. The minimum atomic E-state index is -0.576. The molecule has 2 aromatic rings. The molecule has 0 bridgehead atoms. The lowest BCUT2D eigenvalue weighted by atomic mass is 10.2. The zero-order chi connectivity index (χ0) is 15.9. The third kappa shape index (κ3) is 4.35. The van der Waals surface area contributed by atoms with Crippen LogP contribution < -0.4 is 10.6 Å². The number of benzene rings is 1. The fourth-order valence-electron chi connectivity index (χ4n) is 1.57. The van der Waals surface area contributed by atoms with Gasteiger partial charge in [0, 0.05) is 18.5 Å². The van der Waals surface area contributed by atoms with E-state index in [1.165, 1.54) is 0 Å². The van der Waals surface area contributed by atoms with Crippen LogP contribution in [0, 0.1) is 10.1 Å². The summed E-state index contributed by atoms with van der Waals surface area (Å²) in [6, 6.07) is 8.64. The van der Waals surface area contributed by atoms with E-state index in [0.717, 1.165) is 17.5 Å². The zero-order valence-electron chi connectivity index (χ0n) is 11.3. The van der Waals surface area contributed by atoms with Crippen molar-refractivity contribution in [1.29, 1.82) is 0 Å². The van der Waals surface area contributed by atoms with E-state index in [2.05, 4.69) is 15.6 Å². The van der Waals surface area contributed by atoms with E-state index in [1.54, 1.807) is 30.3 Å². The normalized spacial score (nSPS) is 10.0. The quantitative estimate of drug-likeness (QED) is 0.622. The highest BCUT2D eigenvalue weighted by Crippen LogP contribution is 2.24. The van der Waals surface area contributed by atoms with E-state index < -0.39 is 4.92 Å². The predicted molar refractivity (Wildman–Crippen MR) is 80.8 cm³/mol. The second-order valence-electron chi connectivity index (χ2n) is 4.18. The van der Waals surface area contributed by atoms with E-state index in [1.807, 2.05) is 0 Å². The zero-order valence-corrected chi connectivity index (χ0v) is 12.1. The summed E-state index contributed by atoms with van der Waals surface area (Å²) in [5.41, 5.74) is 0.512. The first-order valence-electron chi connectivity index (χ1n) is 6.29. The molecule has 0 saturated carbocycles. The van der Waals surface area contributed by atoms with E-state index in [4.69, 9.17) is 0 Å². The highest BCUT2D eigenvalue weighted by atomic mass is 32.1. The molecule has 2 N–H and O–H groups in total. The van der Waals surface area contributed by atoms with Crippen molar-refractivity contribution in [3.05, 3.63) is 52.2 Å². The standard InChI is InChI=1S/C13H12N4O4S/c18-10(16-13-15-8-11(22-13)17(20)21)6-7-14-12(19)9-4-2-1-3-5-9/h1-5,8H,6-7H2,(H,14,19)(H,15,16,18). The van der Waals surface area contributed by atoms with Gasteiger partial charge in [0.15, 0.2) is 5.13 Å². The molecule has 1 aromatic heterocycles. The van der Waals surface area contributed by atoms with Crippen molar-refractivity contribution in [2.24, 2.45) is 0 Å². The molecule has 0 fully saturated rings. The van der Waals surface area contributed by atoms with Gasteiger partial charge in [-0.15, -0.1) is 0 Å². The maximum absolute atomic E-state index is 11.7. The number of carbonyl (C=O) groups excluding carboxylic acids is 2. The SMILES string of the molecule is O=C(CCNC(=O)c1ccccc1)Nc1ncc([N+](=O)[O-])s1. The van der Waals surface area contributed by atoms with Gasteiger partial charge in [0.25, 0.3) is 5.91 Å². The van der Waals surface area contributed by atoms with Gasteiger partial charge in [-0.05, 0) is 23.5 Å². The summed E-state index contributed by atoms with van der Waals surface area (Å²) in [5, 5.41) is 15.6. The number of nitro groups is 1. The summed E-state index contributed by atoms with van der Waals surface area (Å²) in [4.78, 5) is 37.0. The first-order valence-corrected chi connectivity index (χ1v) is 7.11. The first-order chi connectivity index (χ1) is 10.6. The van der Waals surface area contributed by atoms with Crippen LogP contribution in [0.3, 0.4) is 0 Å². The number of nitrogens with one attached hydrogen (secondary N) is 2. The maximum Gasteiger partial charge on any atom is 0.345 e. The van der Waals surface area contributed by atoms with Crippen molar-refractivity contribution < 1.29 is 14.5 Å². The predicted octanol–water partition coefficient (Wildman–Crippen LogP) is 1.81. The van der Waals surface area contributed by atoms with Crippen LogP contribution in [0.2, 0.25) is 0 Å². The summed E-state index contributed by atoms with van der Waals surface area (Å²) < 4.78 is 0. The molecule has 0 aliphatic carbocycles. The van der Waals surface area contributed by atoms with E-state index in [0.29, 0.717) is 5.56 Å². The fraction of sp³-hybridized carbons (Fsp3) is 0.154. The molecule has 1 aromatic carbocycles. The Morgan fingerprint density at radius 3 is 2.64 bits per heavy atom. The number of anilines is 1. The number of nitrogens with zero attached hydrogens (tertiary/aromatic N) is 2. The van der Waals surface area contributed by atoms with Gasteiger partial charge < -0.3 is 10.6 Å². The van der Waals surface area contributed by atoms with Gasteiger partial charge in [-0.3, -0.25) is 19.7 Å². The Morgan fingerprint density at radius 2 is 2.00 bits per heavy atom. The number of hydrogen-bond acceptors (Lipinski definition) is 6. The summed E-state index contributed by atoms with van der Waals surface area (Å²) in [7, 11) is 0. The molecular formula is C13H12N4O4S. The molecule has 0 aliphatic rings. The third-order valence-corrected chi connectivity index (χ3v) is 3.46.